The maximum atomic E-state index is 12.4. The Morgan fingerprint density at radius 2 is 1.87 bits per heavy atom. The molecule has 8 nitrogen and oxygen atoms in total. The first-order chi connectivity index (χ1) is 14.1. The van der Waals surface area contributed by atoms with Crippen LogP contribution in [0.3, 0.4) is 0 Å². The quantitative estimate of drug-likeness (QED) is 0.434. The number of aliphatic hydroxyl groups is 1. The van der Waals surface area contributed by atoms with Crippen molar-refractivity contribution in [1.82, 2.24) is 9.79 Å². The number of hydrogen-bond donors (Lipinski definition) is 3. The molecule has 1 heterocycles. The fraction of sp³-hybridized carbons (Fsp3) is 0.350. The van der Waals surface area contributed by atoms with Gasteiger partial charge in [0, 0.05) is 22.5 Å². The molecule has 0 radical (unpaired) electrons. The predicted octanol–water partition coefficient (Wildman–Crippen LogP) is 1.92. The van der Waals surface area contributed by atoms with E-state index in [9.17, 15) is 23.5 Å². The van der Waals surface area contributed by atoms with E-state index in [2.05, 4.69) is 4.72 Å². The molecule has 2 aromatic carbocycles. The first-order valence-electron chi connectivity index (χ1n) is 9.23. The van der Waals surface area contributed by atoms with Crippen LogP contribution in [0.4, 0.5) is 0 Å². The second-order valence-corrected chi connectivity index (χ2v) is 9.69. The molecule has 0 spiro atoms. The lowest BCUT2D eigenvalue weighted by atomic mass is 9.84. The summed E-state index contributed by atoms with van der Waals surface area (Å²) in [6.07, 6.45) is -1.94. The number of amides is 1. The molecule has 3 N–H and O–H groups in total. The van der Waals surface area contributed by atoms with E-state index in [0.29, 0.717) is 15.6 Å². The summed E-state index contributed by atoms with van der Waals surface area (Å²) in [6.45, 7) is 1.36. The zero-order valence-electron chi connectivity index (χ0n) is 16.2. The summed E-state index contributed by atoms with van der Waals surface area (Å²) < 4.78 is 32.8. The Labute approximate surface area is 180 Å². The molecule has 0 aliphatic carbocycles. The third-order valence-corrected chi connectivity index (χ3v) is 6.75. The molecule has 1 aliphatic heterocycles. The second kappa shape index (κ2) is 9.01. The Morgan fingerprint density at radius 1 is 1.23 bits per heavy atom. The van der Waals surface area contributed by atoms with Crippen molar-refractivity contribution in [2.45, 2.75) is 24.0 Å². The summed E-state index contributed by atoms with van der Waals surface area (Å²) in [6, 6.07) is 13.9. The van der Waals surface area contributed by atoms with Crippen LogP contribution in [0.1, 0.15) is 17.3 Å². The Balaban J connectivity index is 1.61. The smallest absolute Gasteiger partial charge is 0.277 e. The Bertz CT molecular complexity index is 986. The second-order valence-electron chi connectivity index (χ2n) is 7.48. The molecule has 0 bridgehead atoms. The lowest BCUT2D eigenvalue weighted by Crippen LogP contribution is -2.47. The first kappa shape index (κ1) is 22.7. The summed E-state index contributed by atoms with van der Waals surface area (Å²) >= 11 is 5.78. The monoisotopic (exact) mass is 454 g/mol. The highest BCUT2D eigenvalue weighted by atomic mass is 35.5. The van der Waals surface area contributed by atoms with Gasteiger partial charge in [0.1, 0.15) is 0 Å². The molecule has 162 valence electrons. The summed E-state index contributed by atoms with van der Waals surface area (Å²) in [7, 11) is -3.81. The number of halogens is 1. The van der Waals surface area contributed by atoms with Gasteiger partial charge in [0.25, 0.3) is 5.91 Å². The number of carbonyl (C=O) groups is 1. The van der Waals surface area contributed by atoms with E-state index >= 15 is 0 Å². The van der Waals surface area contributed by atoms with Crippen molar-refractivity contribution in [3.8, 4) is 0 Å². The molecule has 0 unspecified atom stereocenters. The number of nitrogens with one attached hydrogen (secondary N) is 1. The van der Waals surface area contributed by atoms with Gasteiger partial charge in [0.15, 0.2) is 0 Å². The number of rotatable bonds is 7. The highest BCUT2D eigenvalue weighted by Gasteiger charge is 2.47. The molecule has 30 heavy (non-hydrogen) atoms. The van der Waals surface area contributed by atoms with Gasteiger partial charge < -0.3 is 9.84 Å². The Hall–Kier alpha value is -2.01. The van der Waals surface area contributed by atoms with E-state index in [-0.39, 0.29) is 24.6 Å². The van der Waals surface area contributed by atoms with E-state index < -0.39 is 33.6 Å². The van der Waals surface area contributed by atoms with E-state index in [1.165, 1.54) is 24.3 Å². The Kier molecular flexibility index (Phi) is 6.81. The van der Waals surface area contributed by atoms with Crippen LogP contribution in [0.15, 0.2) is 59.5 Å². The summed E-state index contributed by atoms with van der Waals surface area (Å²) in [5.41, 5.74) is -0.667. The van der Waals surface area contributed by atoms with Gasteiger partial charge in [-0.05, 0) is 36.4 Å². The number of hydroxylamine groups is 2. The third-order valence-electron chi connectivity index (χ3n) is 5.06. The highest BCUT2D eigenvalue weighted by molar-refractivity contribution is 7.89. The summed E-state index contributed by atoms with van der Waals surface area (Å²) in [5, 5.41) is 21.9. The van der Waals surface area contributed by atoms with Gasteiger partial charge in [-0.1, -0.05) is 36.7 Å². The highest BCUT2D eigenvalue weighted by Crippen LogP contribution is 2.33. The van der Waals surface area contributed by atoms with E-state index in [1.54, 1.807) is 37.3 Å². The van der Waals surface area contributed by atoms with Gasteiger partial charge >= 0.3 is 0 Å². The average Bonchev–Trinajstić information content (AvgIpc) is 3.00. The zero-order chi connectivity index (χ0) is 21.9. The fourth-order valence-corrected chi connectivity index (χ4v) is 4.44. The van der Waals surface area contributed by atoms with E-state index in [1.807, 2.05) is 0 Å². The lowest BCUT2D eigenvalue weighted by Gasteiger charge is -2.31. The Morgan fingerprint density at radius 3 is 2.50 bits per heavy atom. The van der Waals surface area contributed by atoms with Crippen molar-refractivity contribution in [3.63, 3.8) is 0 Å². The van der Waals surface area contributed by atoms with Gasteiger partial charge in [-0.3, -0.25) is 10.0 Å². The minimum absolute atomic E-state index is 0.0390. The topological polar surface area (TPSA) is 116 Å². The maximum absolute atomic E-state index is 12.4. The van der Waals surface area contributed by atoms with Crippen molar-refractivity contribution >= 4 is 27.5 Å². The molecule has 3 rings (SSSR count). The van der Waals surface area contributed by atoms with Crippen LogP contribution in [0, 0.1) is 5.41 Å². The van der Waals surface area contributed by atoms with Gasteiger partial charge in [-0.25, -0.2) is 18.2 Å². The van der Waals surface area contributed by atoms with Crippen LogP contribution in [0.5, 0.6) is 0 Å². The lowest BCUT2D eigenvalue weighted by molar-refractivity contribution is -0.0940. The molecule has 1 amide bonds. The van der Waals surface area contributed by atoms with Crippen molar-refractivity contribution in [1.29, 1.82) is 0 Å². The van der Waals surface area contributed by atoms with Crippen LogP contribution in [-0.2, 0) is 14.8 Å². The van der Waals surface area contributed by atoms with Crippen LogP contribution >= 0.6 is 11.6 Å². The van der Waals surface area contributed by atoms with Gasteiger partial charge in [-0.15, -0.1) is 0 Å². The largest absolute Gasteiger partial charge is 0.390 e. The number of benzene rings is 2. The number of ether oxygens (including phenoxy) is 1. The van der Waals surface area contributed by atoms with Crippen molar-refractivity contribution < 1.29 is 28.3 Å². The zero-order valence-corrected chi connectivity index (χ0v) is 17.8. The van der Waals surface area contributed by atoms with Crippen molar-refractivity contribution in [2.24, 2.45) is 5.41 Å². The SMILES string of the molecule is C[C@@]1(CN(O)C(=O)c2ccccc2)CO[C@H](CNS(=O)(=O)c2ccc(Cl)cc2)[C@H]1O. The van der Waals surface area contributed by atoms with E-state index in [0.717, 1.165) is 0 Å². The third kappa shape index (κ3) is 5.00. The van der Waals surface area contributed by atoms with Gasteiger partial charge in [-0.2, -0.15) is 0 Å². The van der Waals surface area contributed by atoms with Gasteiger partial charge in [0.05, 0.1) is 30.3 Å². The number of hydrogen-bond acceptors (Lipinski definition) is 6. The fourth-order valence-electron chi connectivity index (χ4n) is 3.27. The van der Waals surface area contributed by atoms with Crippen LogP contribution < -0.4 is 4.72 Å². The molecule has 3 atom stereocenters. The van der Waals surface area contributed by atoms with Crippen molar-refractivity contribution in [2.75, 3.05) is 19.7 Å². The average molecular weight is 455 g/mol. The maximum Gasteiger partial charge on any atom is 0.277 e. The van der Waals surface area contributed by atoms with Crippen LogP contribution in [-0.4, -0.2) is 61.6 Å². The molecule has 0 saturated carbocycles. The standard InChI is InChI=1S/C20H23ClN2O6S/c1-20(12-23(26)19(25)14-5-3-2-4-6-14)13-29-17(18(20)24)11-22-30(27,28)16-9-7-15(21)8-10-16/h2-10,17-18,22,24,26H,11-13H2,1H3/t17-,18-,20-/m1/s1. The number of nitrogens with zero attached hydrogens (tertiary/aromatic N) is 1. The van der Waals surface area contributed by atoms with E-state index in [4.69, 9.17) is 16.3 Å². The van der Waals surface area contributed by atoms with Crippen LogP contribution in [0.25, 0.3) is 0 Å². The molecule has 10 heteroatoms. The number of aliphatic hydroxyl groups excluding tert-OH is 1. The predicted molar refractivity (Wildman–Crippen MR) is 110 cm³/mol. The summed E-state index contributed by atoms with van der Waals surface area (Å²) in [4.78, 5) is 12.4. The number of carbonyl (C=O) groups excluding carboxylic acids is 1. The van der Waals surface area contributed by atoms with Gasteiger partial charge in [0.2, 0.25) is 10.0 Å². The number of sulfonamides is 1. The minimum Gasteiger partial charge on any atom is -0.390 e. The molecule has 1 fully saturated rings. The molecule has 2 aromatic rings. The molecule has 1 saturated heterocycles. The molecular weight excluding hydrogens is 432 g/mol. The first-order valence-corrected chi connectivity index (χ1v) is 11.1. The normalized spacial score (nSPS) is 24.0. The molecular formula is C20H23ClN2O6S. The molecule has 1 aliphatic rings. The molecule has 0 aromatic heterocycles. The van der Waals surface area contributed by atoms with Crippen molar-refractivity contribution in [3.05, 3.63) is 65.2 Å². The summed E-state index contributed by atoms with van der Waals surface area (Å²) in [5.74, 6) is -0.601. The minimum atomic E-state index is -3.81. The van der Waals surface area contributed by atoms with Crippen LogP contribution in [0.2, 0.25) is 5.02 Å².